The molecule has 9 heteroatoms. The van der Waals surface area contributed by atoms with Crippen LogP contribution in [0.1, 0.15) is 12.5 Å². The van der Waals surface area contributed by atoms with Crippen molar-refractivity contribution in [2.45, 2.75) is 11.8 Å². The van der Waals surface area contributed by atoms with Crippen LogP contribution in [0.25, 0.3) is 6.08 Å². The number of halogens is 3. The highest BCUT2D eigenvalue weighted by Gasteiger charge is 2.24. The molecule has 27 heavy (non-hydrogen) atoms. The van der Waals surface area contributed by atoms with Gasteiger partial charge in [0.2, 0.25) is 9.84 Å². The van der Waals surface area contributed by atoms with E-state index in [0.717, 1.165) is 0 Å². The summed E-state index contributed by atoms with van der Waals surface area (Å²) >= 11 is 15.2. The van der Waals surface area contributed by atoms with Crippen LogP contribution in [0.2, 0.25) is 10.0 Å². The first kappa shape index (κ1) is 21.6. The summed E-state index contributed by atoms with van der Waals surface area (Å²) in [6, 6.07) is 8.96. The second-order valence-corrected chi connectivity index (χ2v) is 8.75. The van der Waals surface area contributed by atoms with E-state index in [1.54, 1.807) is 18.2 Å². The van der Waals surface area contributed by atoms with Crippen molar-refractivity contribution >= 4 is 55.0 Å². The van der Waals surface area contributed by atoms with Gasteiger partial charge in [0.15, 0.2) is 11.5 Å². The lowest BCUT2D eigenvalue weighted by atomic mass is 10.2. The molecular formula is C18H14BrCl2NO4S. The molecule has 0 N–H and O–H groups in total. The molecule has 0 aliphatic rings. The molecule has 2 aromatic carbocycles. The number of allylic oxidation sites excluding steroid dienone is 1. The van der Waals surface area contributed by atoms with Crippen molar-refractivity contribution in [1.29, 1.82) is 5.26 Å². The molecule has 0 aliphatic carbocycles. The molecule has 142 valence electrons. The van der Waals surface area contributed by atoms with E-state index < -0.39 is 14.7 Å². The van der Waals surface area contributed by atoms with Gasteiger partial charge >= 0.3 is 0 Å². The van der Waals surface area contributed by atoms with Crippen LogP contribution in [0.15, 0.2) is 44.6 Å². The van der Waals surface area contributed by atoms with Gasteiger partial charge in [-0.1, -0.05) is 23.2 Å². The van der Waals surface area contributed by atoms with Gasteiger partial charge in [-0.05, 0) is 64.8 Å². The summed E-state index contributed by atoms with van der Waals surface area (Å²) < 4.78 is 37.1. The number of rotatable bonds is 6. The quantitative estimate of drug-likeness (QED) is 0.499. The minimum absolute atomic E-state index is 0.0218. The maximum atomic E-state index is 12.9. The summed E-state index contributed by atoms with van der Waals surface area (Å²) in [4.78, 5) is -0.715. The third-order valence-corrected chi connectivity index (χ3v) is 6.39. The van der Waals surface area contributed by atoms with Crippen molar-refractivity contribution in [2.24, 2.45) is 0 Å². The van der Waals surface area contributed by atoms with Crippen molar-refractivity contribution in [3.05, 3.63) is 55.3 Å². The standard InChI is InChI=1S/C18H14BrCl2NO4S/c1-3-26-16-8-11(7-14(19)18(16)25-2)6-13(10-22)27(23,24)17-9-12(20)4-5-15(17)21/h4-9H,3H2,1-2H3/b13-6+. The monoisotopic (exact) mass is 489 g/mol. The summed E-state index contributed by atoms with van der Waals surface area (Å²) in [6.07, 6.45) is 1.24. The number of sulfone groups is 1. The zero-order chi connectivity index (χ0) is 20.2. The maximum Gasteiger partial charge on any atom is 0.218 e. The fraction of sp³-hybridized carbons (Fsp3) is 0.167. The van der Waals surface area contributed by atoms with E-state index in [0.29, 0.717) is 28.1 Å². The van der Waals surface area contributed by atoms with Gasteiger partial charge in [0, 0.05) is 5.02 Å². The molecule has 5 nitrogen and oxygen atoms in total. The Bertz CT molecular complexity index is 1050. The molecule has 0 aromatic heterocycles. The highest BCUT2D eigenvalue weighted by molar-refractivity contribution is 9.10. The van der Waals surface area contributed by atoms with Gasteiger partial charge in [-0.2, -0.15) is 5.26 Å². The SMILES string of the molecule is CCOc1cc(/C=C(\C#N)S(=O)(=O)c2cc(Cl)ccc2Cl)cc(Br)c1OC. The first-order chi connectivity index (χ1) is 12.7. The average molecular weight is 491 g/mol. The Morgan fingerprint density at radius 3 is 2.59 bits per heavy atom. The van der Waals surface area contributed by atoms with Crippen LogP contribution in [-0.4, -0.2) is 22.1 Å². The summed E-state index contributed by atoms with van der Waals surface area (Å²) in [6.45, 7) is 2.19. The van der Waals surface area contributed by atoms with Crippen molar-refractivity contribution in [3.8, 4) is 17.6 Å². The number of methoxy groups -OCH3 is 1. The molecule has 0 atom stereocenters. The largest absolute Gasteiger partial charge is 0.492 e. The van der Waals surface area contributed by atoms with E-state index in [4.69, 9.17) is 32.7 Å². The van der Waals surface area contributed by atoms with Crippen LogP contribution < -0.4 is 9.47 Å². The van der Waals surface area contributed by atoms with Crippen molar-refractivity contribution in [3.63, 3.8) is 0 Å². The molecule has 0 aliphatic heterocycles. The zero-order valence-electron chi connectivity index (χ0n) is 14.3. The molecule has 0 spiro atoms. The molecule has 0 heterocycles. The number of hydrogen-bond acceptors (Lipinski definition) is 5. The number of hydrogen-bond donors (Lipinski definition) is 0. The lowest BCUT2D eigenvalue weighted by Crippen LogP contribution is -2.04. The Balaban J connectivity index is 2.62. The van der Waals surface area contributed by atoms with Crippen LogP contribution in [-0.2, 0) is 9.84 Å². The van der Waals surface area contributed by atoms with Gasteiger partial charge in [0.1, 0.15) is 11.0 Å². The summed E-state index contributed by atoms with van der Waals surface area (Å²) in [5.74, 6) is 0.879. The number of nitriles is 1. The predicted octanol–water partition coefficient (Wildman–Crippen LogP) is 5.50. The Morgan fingerprint density at radius 1 is 1.30 bits per heavy atom. The van der Waals surface area contributed by atoms with Crippen LogP contribution >= 0.6 is 39.1 Å². The summed E-state index contributed by atoms with van der Waals surface area (Å²) in [5, 5.41) is 9.62. The van der Waals surface area contributed by atoms with Gasteiger partial charge in [0.25, 0.3) is 0 Å². The molecule has 0 fully saturated rings. The zero-order valence-corrected chi connectivity index (χ0v) is 18.2. The van der Waals surface area contributed by atoms with Gasteiger partial charge in [-0.3, -0.25) is 0 Å². The van der Waals surface area contributed by atoms with Gasteiger partial charge in [0.05, 0.1) is 28.1 Å². The second-order valence-electron chi connectivity index (χ2n) is 5.17. The second kappa shape index (κ2) is 8.98. The number of nitrogens with zero attached hydrogens (tertiary/aromatic N) is 1. The first-order valence-corrected chi connectivity index (χ1v) is 10.6. The van der Waals surface area contributed by atoms with Gasteiger partial charge in [-0.25, -0.2) is 8.42 Å². The molecule has 2 aromatic rings. The molecule has 0 saturated heterocycles. The molecule has 0 saturated carbocycles. The van der Waals surface area contributed by atoms with Crippen LogP contribution in [0.4, 0.5) is 0 Å². The summed E-state index contributed by atoms with van der Waals surface area (Å²) in [5.41, 5.74) is 0.435. The maximum absolute atomic E-state index is 12.9. The Morgan fingerprint density at radius 2 is 2.00 bits per heavy atom. The summed E-state index contributed by atoms with van der Waals surface area (Å²) in [7, 11) is -2.67. The topological polar surface area (TPSA) is 76.4 Å². The minimum atomic E-state index is -4.16. The van der Waals surface area contributed by atoms with E-state index in [1.807, 2.05) is 6.92 Å². The van der Waals surface area contributed by atoms with E-state index >= 15 is 0 Å². The third kappa shape index (κ3) is 4.77. The van der Waals surface area contributed by atoms with Crippen LogP contribution in [0, 0.1) is 11.3 Å². The fourth-order valence-electron chi connectivity index (χ4n) is 2.26. The van der Waals surface area contributed by atoms with Gasteiger partial charge < -0.3 is 9.47 Å². The number of benzene rings is 2. The fourth-order valence-corrected chi connectivity index (χ4v) is 4.79. The average Bonchev–Trinajstić information content (AvgIpc) is 2.61. The van der Waals surface area contributed by atoms with Crippen molar-refractivity contribution < 1.29 is 17.9 Å². The lowest BCUT2D eigenvalue weighted by Gasteiger charge is -2.12. The smallest absolute Gasteiger partial charge is 0.218 e. The van der Waals surface area contributed by atoms with E-state index in [2.05, 4.69) is 15.9 Å². The molecule has 2 rings (SSSR count). The van der Waals surface area contributed by atoms with Gasteiger partial charge in [-0.15, -0.1) is 0 Å². The number of ether oxygens (including phenoxy) is 2. The first-order valence-electron chi connectivity index (χ1n) is 7.56. The highest BCUT2D eigenvalue weighted by Crippen LogP contribution is 2.38. The van der Waals surface area contributed by atoms with E-state index in [9.17, 15) is 13.7 Å². The lowest BCUT2D eigenvalue weighted by molar-refractivity contribution is 0.310. The van der Waals surface area contributed by atoms with E-state index in [-0.39, 0.29) is 14.9 Å². The third-order valence-electron chi connectivity index (χ3n) is 3.42. The Hall–Kier alpha value is -1.72. The Kier molecular flexibility index (Phi) is 7.18. The normalized spacial score (nSPS) is 11.8. The molecule has 0 amide bonds. The van der Waals surface area contributed by atoms with Crippen molar-refractivity contribution in [1.82, 2.24) is 0 Å². The Labute approximate surface area is 176 Å². The molecule has 0 unspecified atom stereocenters. The molecule has 0 bridgehead atoms. The molecular weight excluding hydrogens is 477 g/mol. The van der Waals surface area contributed by atoms with Crippen LogP contribution in [0.5, 0.6) is 11.5 Å². The minimum Gasteiger partial charge on any atom is -0.492 e. The van der Waals surface area contributed by atoms with Crippen molar-refractivity contribution in [2.75, 3.05) is 13.7 Å². The van der Waals surface area contributed by atoms with E-state index in [1.165, 1.54) is 31.4 Å². The van der Waals surface area contributed by atoms with Crippen LogP contribution in [0.3, 0.4) is 0 Å². The molecule has 0 radical (unpaired) electrons. The highest BCUT2D eigenvalue weighted by atomic mass is 79.9. The predicted molar refractivity (Wildman–Crippen MR) is 109 cm³/mol.